The van der Waals surface area contributed by atoms with Gasteiger partial charge in [0, 0.05) is 11.7 Å². The molecule has 1 N–H and O–H groups in total. The van der Waals surface area contributed by atoms with Gasteiger partial charge in [0.05, 0.1) is 0 Å². The smallest absolute Gasteiger partial charge is 0.174 e. The lowest BCUT2D eigenvalue weighted by molar-refractivity contribution is 0.349. The van der Waals surface area contributed by atoms with Crippen molar-refractivity contribution in [1.82, 2.24) is 0 Å². The standard InChI is InChI=1S/C15H20N2O/c1-12-4-2-3-5-15(12)17-13-6-8-14(9-7-13)18-11-10-16/h6-9,12,15,17H,2-5,11H2,1H3. The van der Waals surface area contributed by atoms with Crippen LogP contribution in [0.1, 0.15) is 32.6 Å². The first-order chi connectivity index (χ1) is 8.79. The molecule has 0 spiro atoms. The highest BCUT2D eigenvalue weighted by Gasteiger charge is 2.20. The van der Waals surface area contributed by atoms with Crippen LogP contribution in [-0.2, 0) is 0 Å². The molecule has 1 aliphatic rings. The number of benzene rings is 1. The molecule has 1 aromatic carbocycles. The molecule has 0 heterocycles. The van der Waals surface area contributed by atoms with Crippen LogP contribution in [0.2, 0.25) is 0 Å². The molecule has 0 amide bonds. The van der Waals surface area contributed by atoms with E-state index < -0.39 is 0 Å². The number of ether oxygens (including phenoxy) is 1. The van der Waals surface area contributed by atoms with E-state index in [0.29, 0.717) is 6.04 Å². The minimum atomic E-state index is 0.104. The van der Waals surface area contributed by atoms with E-state index >= 15 is 0 Å². The molecule has 0 bridgehead atoms. The Morgan fingerprint density at radius 3 is 2.67 bits per heavy atom. The second-order valence-corrected chi connectivity index (χ2v) is 4.98. The molecule has 1 aliphatic carbocycles. The third-order valence-electron chi connectivity index (χ3n) is 3.62. The lowest BCUT2D eigenvalue weighted by Crippen LogP contribution is -2.30. The fourth-order valence-corrected chi connectivity index (χ4v) is 2.51. The zero-order chi connectivity index (χ0) is 12.8. The Labute approximate surface area is 109 Å². The van der Waals surface area contributed by atoms with Gasteiger partial charge in [0.2, 0.25) is 0 Å². The van der Waals surface area contributed by atoms with Gasteiger partial charge in [0.1, 0.15) is 11.8 Å². The summed E-state index contributed by atoms with van der Waals surface area (Å²) in [6.45, 7) is 2.42. The van der Waals surface area contributed by atoms with Crippen LogP contribution in [0.3, 0.4) is 0 Å². The number of anilines is 1. The van der Waals surface area contributed by atoms with Crippen LogP contribution in [0.4, 0.5) is 5.69 Å². The van der Waals surface area contributed by atoms with Crippen LogP contribution in [0, 0.1) is 17.2 Å². The maximum Gasteiger partial charge on any atom is 0.174 e. The zero-order valence-corrected chi connectivity index (χ0v) is 10.9. The van der Waals surface area contributed by atoms with Gasteiger partial charge in [-0.3, -0.25) is 0 Å². The molecular formula is C15H20N2O. The highest BCUT2D eigenvalue weighted by atomic mass is 16.5. The predicted octanol–water partition coefficient (Wildman–Crippen LogP) is 3.58. The van der Waals surface area contributed by atoms with Gasteiger partial charge < -0.3 is 10.1 Å². The van der Waals surface area contributed by atoms with Crippen LogP contribution in [-0.4, -0.2) is 12.6 Å². The van der Waals surface area contributed by atoms with Crippen molar-refractivity contribution in [2.75, 3.05) is 11.9 Å². The van der Waals surface area contributed by atoms with Crippen molar-refractivity contribution in [3.63, 3.8) is 0 Å². The summed E-state index contributed by atoms with van der Waals surface area (Å²) < 4.78 is 5.23. The van der Waals surface area contributed by atoms with Crippen LogP contribution in [0.15, 0.2) is 24.3 Å². The third kappa shape index (κ3) is 3.40. The Morgan fingerprint density at radius 1 is 1.28 bits per heavy atom. The van der Waals surface area contributed by atoms with E-state index in [2.05, 4.69) is 12.2 Å². The number of nitrogens with one attached hydrogen (secondary N) is 1. The van der Waals surface area contributed by atoms with Crippen molar-refractivity contribution in [1.29, 1.82) is 5.26 Å². The molecule has 3 nitrogen and oxygen atoms in total. The van der Waals surface area contributed by atoms with E-state index in [0.717, 1.165) is 17.4 Å². The first-order valence-electron chi connectivity index (χ1n) is 6.66. The topological polar surface area (TPSA) is 45.0 Å². The van der Waals surface area contributed by atoms with Crippen molar-refractivity contribution in [2.45, 2.75) is 38.6 Å². The van der Waals surface area contributed by atoms with Crippen molar-refractivity contribution in [2.24, 2.45) is 5.92 Å². The normalized spacial score (nSPS) is 23.1. The minimum Gasteiger partial charge on any atom is -0.479 e. The molecule has 1 fully saturated rings. The molecule has 96 valence electrons. The lowest BCUT2D eigenvalue weighted by atomic mass is 9.86. The van der Waals surface area contributed by atoms with Crippen LogP contribution >= 0.6 is 0 Å². The first kappa shape index (κ1) is 12.8. The number of nitriles is 1. The highest BCUT2D eigenvalue weighted by molar-refractivity contribution is 5.47. The molecule has 1 saturated carbocycles. The molecule has 0 aliphatic heterocycles. The van der Waals surface area contributed by atoms with E-state index in [-0.39, 0.29) is 6.61 Å². The van der Waals surface area contributed by atoms with E-state index in [1.165, 1.54) is 25.7 Å². The number of nitrogens with zero attached hydrogens (tertiary/aromatic N) is 1. The first-order valence-corrected chi connectivity index (χ1v) is 6.66. The highest BCUT2D eigenvalue weighted by Crippen LogP contribution is 2.27. The van der Waals surface area contributed by atoms with Gasteiger partial charge in [0.25, 0.3) is 0 Å². The Morgan fingerprint density at radius 2 is 2.00 bits per heavy atom. The van der Waals surface area contributed by atoms with Gasteiger partial charge in [-0.05, 0) is 43.0 Å². The Hall–Kier alpha value is -1.69. The minimum absolute atomic E-state index is 0.104. The average Bonchev–Trinajstić information content (AvgIpc) is 2.41. The SMILES string of the molecule is CC1CCCCC1Nc1ccc(OCC#N)cc1. The molecule has 2 rings (SSSR count). The van der Waals surface area contributed by atoms with Crippen LogP contribution < -0.4 is 10.1 Å². The van der Waals surface area contributed by atoms with Crippen molar-refractivity contribution >= 4 is 5.69 Å². The molecule has 0 saturated heterocycles. The average molecular weight is 244 g/mol. The van der Waals surface area contributed by atoms with Crippen LogP contribution in [0.25, 0.3) is 0 Å². The lowest BCUT2D eigenvalue weighted by Gasteiger charge is -2.30. The molecule has 0 aromatic heterocycles. The van der Waals surface area contributed by atoms with Gasteiger partial charge in [0.15, 0.2) is 6.61 Å². The molecular weight excluding hydrogens is 224 g/mol. The molecule has 0 radical (unpaired) electrons. The van der Waals surface area contributed by atoms with Gasteiger partial charge in [-0.15, -0.1) is 0 Å². The summed E-state index contributed by atoms with van der Waals surface area (Å²) in [6, 6.07) is 10.4. The number of hydrogen-bond acceptors (Lipinski definition) is 3. The van der Waals surface area contributed by atoms with E-state index in [4.69, 9.17) is 10.00 Å². The zero-order valence-electron chi connectivity index (χ0n) is 10.9. The summed E-state index contributed by atoms with van der Waals surface area (Å²) in [4.78, 5) is 0. The quantitative estimate of drug-likeness (QED) is 0.880. The van der Waals surface area contributed by atoms with Gasteiger partial charge >= 0.3 is 0 Å². The van der Waals surface area contributed by atoms with E-state index in [9.17, 15) is 0 Å². The largest absolute Gasteiger partial charge is 0.479 e. The fourth-order valence-electron chi connectivity index (χ4n) is 2.51. The van der Waals surface area contributed by atoms with E-state index in [1.54, 1.807) is 0 Å². The monoisotopic (exact) mass is 244 g/mol. The Balaban J connectivity index is 1.91. The predicted molar refractivity (Wildman–Crippen MR) is 72.6 cm³/mol. The molecule has 3 heteroatoms. The summed E-state index contributed by atoms with van der Waals surface area (Å²) in [5.74, 6) is 1.49. The molecule has 2 atom stereocenters. The summed E-state index contributed by atoms with van der Waals surface area (Å²) in [5, 5.41) is 12.0. The Bertz CT molecular complexity index is 407. The maximum atomic E-state index is 8.44. The van der Waals surface area contributed by atoms with E-state index in [1.807, 2.05) is 30.3 Å². The summed E-state index contributed by atoms with van der Waals surface area (Å²) >= 11 is 0. The van der Waals surface area contributed by atoms with Crippen molar-refractivity contribution in [3.05, 3.63) is 24.3 Å². The molecule has 2 unspecified atom stereocenters. The molecule has 1 aromatic rings. The van der Waals surface area contributed by atoms with Crippen molar-refractivity contribution in [3.8, 4) is 11.8 Å². The van der Waals surface area contributed by atoms with Crippen molar-refractivity contribution < 1.29 is 4.74 Å². The summed E-state index contributed by atoms with van der Waals surface area (Å²) in [6.07, 6.45) is 5.26. The van der Waals surface area contributed by atoms with Gasteiger partial charge in [-0.1, -0.05) is 19.8 Å². The third-order valence-corrected chi connectivity index (χ3v) is 3.62. The number of rotatable bonds is 4. The second kappa shape index (κ2) is 6.30. The summed E-state index contributed by atoms with van der Waals surface area (Å²) in [7, 11) is 0. The van der Waals surface area contributed by atoms with Gasteiger partial charge in [-0.2, -0.15) is 5.26 Å². The second-order valence-electron chi connectivity index (χ2n) is 4.98. The molecule has 18 heavy (non-hydrogen) atoms. The maximum absolute atomic E-state index is 8.44. The number of hydrogen-bond donors (Lipinski definition) is 1. The fraction of sp³-hybridized carbons (Fsp3) is 0.533. The summed E-state index contributed by atoms with van der Waals surface area (Å²) in [5.41, 5.74) is 1.14. The van der Waals surface area contributed by atoms with Crippen LogP contribution in [0.5, 0.6) is 5.75 Å². The Kier molecular flexibility index (Phi) is 4.46. The van der Waals surface area contributed by atoms with Gasteiger partial charge in [-0.25, -0.2) is 0 Å².